The summed E-state index contributed by atoms with van der Waals surface area (Å²) in [6.07, 6.45) is 24.5. The third kappa shape index (κ3) is 19.9. The third-order valence-corrected chi connectivity index (χ3v) is 5.08. The lowest BCUT2D eigenvalue weighted by molar-refractivity contribution is -0.876. The molecular weight excluding hydrogens is 362 g/mol. The second-order valence-electron chi connectivity index (χ2n) is 9.59. The van der Waals surface area contributed by atoms with Gasteiger partial charge in [0.05, 0.1) is 27.6 Å². The van der Waals surface area contributed by atoms with Gasteiger partial charge in [-0.15, -0.1) is 0 Å². The van der Waals surface area contributed by atoms with Crippen molar-refractivity contribution < 1.29 is 19.5 Å². The van der Waals surface area contributed by atoms with E-state index in [-0.39, 0.29) is 6.42 Å². The van der Waals surface area contributed by atoms with Crippen molar-refractivity contribution >= 4 is 5.97 Å². The number of quaternary nitrogens is 1. The number of carboxylic acid groups (broad SMARTS) is 1. The Morgan fingerprint density at radius 3 is 1.76 bits per heavy atom. The first-order valence-electron chi connectivity index (χ1n) is 11.8. The van der Waals surface area contributed by atoms with E-state index in [1.54, 1.807) is 12.2 Å². The van der Waals surface area contributed by atoms with Gasteiger partial charge in [0.25, 0.3) is 0 Å². The number of hydrogen-bond donors (Lipinski definition) is 2. The number of carboxylic acids is 1. The minimum absolute atomic E-state index is 0.272. The lowest BCUT2D eigenvalue weighted by Crippen LogP contribution is -2.49. The number of nitrogens with zero attached hydrogens (tertiary/aromatic N) is 1. The SMILES string of the molecule is CCCCCCCCCCCCCC/C=C/C=C/C(O)(CC(=O)O)C[N+](C)(C)C. The molecule has 0 aliphatic carbocycles. The van der Waals surface area contributed by atoms with Gasteiger partial charge in [-0.1, -0.05) is 95.8 Å². The minimum atomic E-state index is -1.32. The molecule has 0 heterocycles. The van der Waals surface area contributed by atoms with Crippen LogP contribution in [0.4, 0.5) is 0 Å². The number of unbranched alkanes of at least 4 members (excludes halogenated alkanes) is 12. The molecule has 0 aromatic heterocycles. The summed E-state index contributed by atoms with van der Waals surface area (Å²) in [6.45, 7) is 2.63. The Kier molecular flexibility index (Phi) is 16.0. The van der Waals surface area contributed by atoms with Gasteiger partial charge >= 0.3 is 5.97 Å². The molecule has 0 aromatic rings. The summed E-state index contributed by atoms with van der Waals surface area (Å²) in [7, 11) is 5.85. The summed E-state index contributed by atoms with van der Waals surface area (Å²) in [6, 6.07) is 0. The molecule has 0 fully saturated rings. The van der Waals surface area contributed by atoms with Gasteiger partial charge in [-0.25, -0.2) is 0 Å². The van der Waals surface area contributed by atoms with Gasteiger partial charge in [0.1, 0.15) is 12.1 Å². The molecule has 0 saturated carbocycles. The highest BCUT2D eigenvalue weighted by Crippen LogP contribution is 2.17. The molecule has 1 atom stereocenters. The molecule has 170 valence electrons. The standard InChI is InChI=1S/C25H47NO3/c1-5-6-7-8-9-10-11-12-13-14-15-16-17-18-19-20-21-25(29,22-24(27)28)23-26(2,3)4/h18-21,29H,5-17,22-23H2,1-4H3/p+1/b19-18+,21-20+. The van der Waals surface area contributed by atoms with Gasteiger partial charge in [-0.3, -0.25) is 4.79 Å². The van der Waals surface area contributed by atoms with Gasteiger partial charge < -0.3 is 14.7 Å². The molecule has 0 aliphatic rings. The number of aliphatic carboxylic acids is 1. The maximum atomic E-state index is 11.1. The van der Waals surface area contributed by atoms with Crippen LogP contribution in [0.15, 0.2) is 24.3 Å². The van der Waals surface area contributed by atoms with Crippen molar-refractivity contribution in [3.05, 3.63) is 24.3 Å². The van der Waals surface area contributed by atoms with Crippen molar-refractivity contribution in [2.24, 2.45) is 0 Å². The van der Waals surface area contributed by atoms with E-state index < -0.39 is 11.6 Å². The van der Waals surface area contributed by atoms with E-state index in [4.69, 9.17) is 5.11 Å². The fourth-order valence-electron chi connectivity index (χ4n) is 3.76. The number of rotatable bonds is 19. The zero-order valence-corrected chi connectivity index (χ0v) is 19.7. The van der Waals surface area contributed by atoms with E-state index in [0.29, 0.717) is 11.0 Å². The number of likely N-dealkylation sites (N-methyl/N-ethyl adjacent to an activating group) is 1. The van der Waals surface area contributed by atoms with Crippen molar-refractivity contribution in [1.29, 1.82) is 0 Å². The first-order valence-corrected chi connectivity index (χ1v) is 11.8. The molecule has 0 aromatic carbocycles. The summed E-state index contributed by atoms with van der Waals surface area (Å²) in [5.41, 5.74) is -1.32. The Morgan fingerprint density at radius 2 is 1.31 bits per heavy atom. The lowest BCUT2D eigenvalue weighted by Gasteiger charge is -2.32. The smallest absolute Gasteiger partial charge is 0.306 e. The number of hydrogen-bond acceptors (Lipinski definition) is 2. The van der Waals surface area contributed by atoms with Crippen LogP contribution in [0, 0.1) is 0 Å². The average Bonchev–Trinajstić information content (AvgIpc) is 2.59. The predicted octanol–water partition coefficient (Wildman–Crippen LogP) is 6.10. The van der Waals surface area contributed by atoms with Crippen molar-refractivity contribution in [2.45, 2.75) is 102 Å². The van der Waals surface area contributed by atoms with Gasteiger partial charge in [0.15, 0.2) is 0 Å². The lowest BCUT2D eigenvalue weighted by atomic mass is 9.97. The molecule has 0 bridgehead atoms. The van der Waals surface area contributed by atoms with Crippen molar-refractivity contribution in [3.63, 3.8) is 0 Å². The molecule has 29 heavy (non-hydrogen) atoms. The minimum Gasteiger partial charge on any atom is -0.481 e. The van der Waals surface area contributed by atoms with E-state index in [1.165, 1.54) is 77.0 Å². The second-order valence-corrected chi connectivity index (χ2v) is 9.59. The first-order chi connectivity index (χ1) is 13.7. The molecule has 4 nitrogen and oxygen atoms in total. The first kappa shape index (κ1) is 27.9. The van der Waals surface area contributed by atoms with E-state index >= 15 is 0 Å². The molecule has 0 aliphatic heterocycles. The average molecular weight is 411 g/mol. The van der Waals surface area contributed by atoms with Crippen LogP contribution in [-0.2, 0) is 4.79 Å². The fraction of sp³-hybridized carbons (Fsp3) is 0.800. The molecule has 0 radical (unpaired) electrons. The normalized spacial score (nSPS) is 14.7. The highest BCUT2D eigenvalue weighted by Gasteiger charge is 2.33. The van der Waals surface area contributed by atoms with Crippen LogP contribution in [0.3, 0.4) is 0 Å². The summed E-state index contributed by atoms with van der Waals surface area (Å²) >= 11 is 0. The van der Waals surface area contributed by atoms with Gasteiger partial charge in [-0.05, 0) is 18.9 Å². The Hall–Kier alpha value is -1.13. The molecule has 1 unspecified atom stereocenters. The predicted molar refractivity (Wildman–Crippen MR) is 124 cm³/mol. The van der Waals surface area contributed by atoms with Crippen LogP contribution in [0.1, 0.15) is 96.8 Å². The highest BCUT2D eigenvalue weighted by atomic mass is 16.4. The third-order valence-electron chi connectivity index (χ3n) is 5.08. The van der Waals surface area contributed by atoms with Gasteiger partial charge in [0, 0.05) is 0 Å². The quantitative estimate of drug-likeness (QED) is 0.154. The maximum absolute atomic E-state index is 11.1. The van der Waals surface area contributed by atoms with Crippen molar-refractivity contribution in [1.82, 2.24) is 0 Å². The molecule has 0 rings (SSSR count). The molecule has 4 heteroatoms. The Labute approximate surface area is 180 Å². The van der Waals surface area contributed by atoms with Crippen LogP contribution < -0.4 is 0 Å². The van der Waals surface area contributed by atoms with Crippen molar-refractivity contribution in [2.75, 3.05) is 27.7 Å². The molecule has 0 spiro atoms. The van der Waals surface area contributed by atoms with E-state index in [2.05, 4.69) is 13.0 Å². The summed E-state index contributed by atoms with van der Waals surface area (Å²) in [5, 5.41) is 19.7. The zero-order valence-electron chi connectivity index (χ0n) is 19.7. The van der Waals surface area contributed by atoms with E-state index in [1.807, 2.05) is 27.2 Å². The van der Waals surface area contributed by atoms with Crippen LogP contribution in [0.25, 0.3) is 0 Å². The van der Waals surface area contributed by atoms with Gasteiger partial charge in [0.2, 0.25) is 0 Å². The molecular formula is C25H48NO3+. The Morgan fingerprint density at radius 1 is 0.828 bits per heavy atom. The van der Waals surface area contributed by atoms with Crippen LogP contribution in [-0.4, -0.2) is 54.0 Å². The molecule has 0 saturated heterocycles. The topological polar surface area (TPSA) is 57.5 Å². The fourth-order valence-corrected chi connectivity index (χ4v) is 3.76. The molecule has 2 N–H and O–H groups in total. The number of allylic oxidation sites excluding steroid dienone is 3. The van der Waals surface area contributed by atoms with E-state index in [9.17, 15) is 9.90 Å². The summed E-state index contributed by atoms with van der Waals surface area (Å²) in [5.74, 6) is -0.980. The van der Waals surface area contributed by atoms with Gasteiger partial charge in [-0.2, -0.15) is 0 Å². The number of carbonyl (C=O) groups is 1. The van der Waals surface area contributed by atoms with Crippen LogP contribution >= 0.6 is 0 Å². The van der Waals surface area contributed by atoms with Crippen molar-refractivity contribution in [3.8, 4) is 0 Å². The number of aliphatic hydroxyl groups is 1. The summed E-state index contributed by atoms with van der Waals surface area (Å²) < 4.78 is 0.511. The van der Waals surface area contributed by atoms with Crippen LogP contribution in [0.5, 0.6) is 0 Å². The Bertz CT molecular complexity index is 465. The highest BCUT2D eigenvalue weighted by molar-refractivity contribution is 5.68. The second kappa shape index (κ2) is 16.6. The largest absolute Gasteiger partial charge is 0.481 e. The maximum Gasteiger partial charge on any atom is 0.306 e. The zero-order chi connectivity index (χ0) is 22.0. The Balaban J connectivity index is 3.81. The summed E-state index contributed by atoms with van der Waals surface area (Å²) in [4.78, 5) is 11.1. The monoisotopic (exact) mass is 410 g/mol. The van der Waals surface area contributed by atoms with Crippen LogP contribution in [0.2, 0.25) is 0 Å². The van der Waals surface area contributed by atoms with E-state index in [0.717, 1.165) is 6.42 Å². The molecule has 0 amide bonds.